The van der Waals surface area contributed by atoms with Crippen molar-refractivity contribution in [2.75, 3.05) is 30.3 Å². The van der Waals surface area contributed by atoms with Crippen LogP contribution in [0.2, 0.25) is 0 Å². The van der Waals surface area contributed by atoms with Crippen LogP contribution in [0.25, 0.3) is 16.6 Å². The van der Waals surface area contributed by atoms with E-state index in [1.54, 1.807) is 23.1 Å². The van der Waals surface area contributed by atoms with E-state index in [1.807, 2.05) is 69.1 Å². The zero-order chi connectivity index (χ0) is 32.6. The lowest BCUT2D eigenvalue weighted by Gasteiger charge is -2.38. The van der Waals surface area contributed by atoms with E-state index in [9.17, 15) is 4.79 Å². The van der Waals surface area contributed by atoms with Crippen molar-refractivity contribution in [2.24, 2.45) is 4.99 Å². The maximum Gasteiger partial charge on any atom is 0.422 e. The van der Waals surface area contributed by atoms with E-state index in [2.05, 4.69) is 46.2 Å². The van der Waals surface area contributed by atoms with Crippen molar-refractivity contribution in [3.05, 3.63) is 67.0 Å². The van der Waals surface area contributed by atoms with Gasteiger partial charge in [-0.25, -0.2) is 29.7 Å². The predicted molar refractivity (Wildman–Crippen MR) is 175 cm³/mol. The molecule has 15 heteroatoms. The Morgan fingerprint density at radius 3 is 2.60 bits per heavy atom. The third-order valence-corrected chi connectivity index (χ3v) is 7.85. The minimum atomic E-state index is -0.551. The van der Waals surface area contributed by atoms with Crippen LogP contribution in [0.5, 0.6) is 11.6 Å². The molecule has 1 amide bonds. The molecule has 2 aliphatic rings. The summed E-state index contributed by atoms with van der Waals surface area (Å²) in [6.07, 6.45) is 5.71. The number of nitrogens with one attached hydrogen (secondary N) is 3. The molecule has 242 valence electrons. The Morgan fingerprint density at radius 2 is 1.79 bits per heavy atom. The van der Waals surface area contributed by atoms with Gasteiger partial charge in [0.15, 0.2) is 5.65 Å². The second-order valence-corrected chi connectivity index (χ2v) is 12.6. The molecule has 0 atom stereocenters. The number of fused-ring (bicyclic) bond motifs is 2. The number of hydrazine groups is 1. The molecule has 3 aromatic heterocycles. The fourth-order valence-electron chi connectivity index (χ4n) is 5.48. The lowest BCUT2D eigenvalue weighted by atomic mass is 9.92. The van der Waals surface area contributed by atoms with E-state index in [0.29, 0.717) is 61.6 Å². The van der Waals surface area contributed by atoms with Crippen LogP contribution < -0.4 is 20.8 Å². The van der Waals surface area contributed by atoms with Crippen molar-refractivity contribution in [3.63, 3.8) is 0 Å². The number of anilines is 3. The number of amidine groups is 1. The lowest BCUT2D eigenvalue weighted by Crippen LogP contribution is -2.53. The van der Waals surface area contributed by atoms with Crippen LogP contribution in [0, 0.1) is 6.92 Å². The number of ether oxygens (including phenoxy) is 3. The normalized spacial score (nSPS) is 16.1. The first-order valence-corrected chi connectivity index (χ1v) is 15.3. The molecule has 1 fully saturated rings. The third kappa shape index (κ3) is 6.84. The molecule has 5 heterocycles. The van der Waals surface area contributed by atoms with Gasteiger partial charge in [-0.2, -0.15) is 0 Å². The first kappa shape index (κ1) is 30.1. The molecule has 47 heavy (non-hydrogen) atoms. The van der Waals surface area contributed by atoms with Crippen LogP contribution >= 0.6 is 0 Å². The number of carbonyl (C=O) groups is 1. The SMILES string of the molecule is Cc1cc(Nc2ncnc3ccc(NC4=NCC5(CCN(NC(=O)OC(C)(C)C)CC5)O4)cc23)ccc1Oc1cc2nncn2cn1. The van der Waals surface area contributed by atoms with Gasteiger partial charge in [-0.05, 0) is 69.7 Å². The van der Waals surface area contributed by atoms with Gasteiger partial charge in [-0.1, -0.05) is 0 Å². The molecule has 0 radical (unpaired) electrons. The average molecular weight is 638 g/mol. The zero-order valence-corrected chi connectivity index (χ0v) is 26.5. The standard InChI is InChI=1S/C32H35N11O4/c1-20-13-21(6-8-25(20)45-27-15-26-40-37-19-42(26)18-36-27)38-28-23-14-22(5-7-24(23)34-17-35-28)39-29-33-16-32(46-29)9-11-43(12-10-32)41-30(44)47-31(2,3)4/h5-8,13-15,17-19H,9-12,16H2,1-4H3,(H,33,39)(H,41,44)(H,34,35,38). The monoisotopic (exact) mass is 637 g/mol. The van der Waals surface area contributed by atoms with Gasteiger partial charge in [0.05, 0.1) is 12.1 Å². The van der Waals surface area contributed by atoms with Crippen LogP contribution in [-0.2, 0) is 9.47 Å². The van der Waals surface area contributed by atoms with E-state index >= 15 is 0 Å². The van der Waals surface area contributed by atoms with E-state index in [-0.39, 0.29) is 0 Å². The Bertz CT molecular complexity index is 1980. The lowest BCUT2D eigenvalue weighted by molar-refractivity contribution is -0.0130. The number of aryl methyl sites for hydroxylation is 1. The summed E-state index contributed by atoms with van der Waals surface area (Å²) in [6.45, 7) is 9.30. The topological polar surface area (TPSA) is 165 Å². The van der Waals surface area contributed by atoms with Crippen molar-refractivity contribution in [2.45, 2.75) is 51.7 Å². The Balaban J connectivity index is 0.987. The van der Waals surface area contributed by atoms with Gasteiger partial charge in [-0.15, -0.1) is 10.2 Å². The number of hydrogen-bond donors (Lipinski definition) is 3. The summed E-state index contributed by atoms with van der Waals surface area (Å²) in [5.74, 6) is 1.76. The molecule has 5 aromatic rings. The molecular formula is C32H35N11O4. The maximum atomic E-state index is 12.2. The Morgan fingerprint density at radius 1 is 0.979 bits per heavy atom. The average Bonchev–Trinajstić information content (AvgIpc) is 3.66. The van der Waals surface area contributed by atoms with Gasteiger partial charge in [0, 0.05) is 48.8 Å². The van der Waals surface area contributed by atoms with E-state index in [4.69, 9.17) is 14.2 Å². The molecule has 0 unspecified atom stereocenters. The molecule has 2 aromatic carbocycles. The number of nitrogens with zero attached hydrogens (tertiary/aromatic N) is 8. The number of hydrogen-bond acceptors (Lipinski definition) is 13. The van der Waals surface area contributed by atoms with Gasteiger partial charge >= 0.3 is 6.09 Å². The van der Waals surface area contributed by atoms with Crippen molar-refractivity contribution >= 4 is 45.9 Å². The number of aliphatic imine (C=N–C) groups is 1. The Labute approximate surface area is 270 Å². The smallest absolute Gasteiger partial charge is 0.422 e. The highest BCUT2D eigenvalue weighted by Gasteiger charge is 2.41. The highest BCUT2D eigenvalue weighted by atomic mass is 16.6. The van der Waals surface area contributed by atoms with E-state index in [1.165, 1.54) is 6.33 Å². The summed E-state index contributed by atoms with van der Waals surface area (Å²) in [4.78, 5) is 30.1. The van der Waals surface area contributed by atoms with Gasteiger partial charge in [0.1, 0.15) is 41.8 Å². The summed E-state index contributed by atoms with van der Waals surface area (Å²) < 4.78 is 19.4. The van der Waals surface area contributed by atoms with E-state index < -0.39 is 17.3 Å². The highest BCUT2D eigenvalue weighted by molar-refractivity contribution is 5.97. The van der Waals surface area contributed by atoms with Gasteiger partial charge in [-0.3, -0.25) is 9.83 Å². The first-order chi connectivity index (χ1) is 22.6. The summed E-state index contributed by atoms with van der Waals surface area (Å²) in [5, 5.41) is 17.4. The van der Waals surface area contributed by atoms with Gasteiger partial charge < -0.3 is 24.8 Å². The molecule has 0 saturated carbocycles. The number of amides is 1. The van der Waals surface area contributed by atoms with Crippen molar-refractivity contribution in [1.82, 2.24) is 40.0 Å². The van der Waals surface area contributed by atoms with Crippen molar-refractivity contribution in [1.29, 1.82) is 0 Å². The number of benzene rings is 2. The largest absolute Gasteiger partial charge is 0.456 e. The molecule has 7 rings (SSSR count). The highest BCUT2D eigenvalue weighted by Crippen LogP contribution is 2.33. The number of piperidine rings is 1. The number of rotatable bonds is 6. The Hall–Kier alpha value is -5.57. The molecule has 15 nitrogen and oxygen atoms in total. The fraction of sp³-hybridized carbons (Fsp3) is 0.344. The quantitative estimate of drug-likeness (QED) is 0.229. The predicted octanol–water partition coefficient (Wildman–Crippen LogP) is 4.98. The van der Waals surface area contributed by atoms with Crippen LogP contribution in [0.4, 0.5) is 22.0 Å². The molecule has 2 aliphatic heterocycles. The number of carbonyl (C=O) groups excluding carboxylic acids is 1. The molecular weight excluding hydrogens is 602 g/mol. The van der Waals surface area contributed by atoms with Crippen LogP contribution in [-0.4, -0.2) is 77.5 Å². The zero-order valence-electron chi connectivity index (χ0n) is 26.5. The molecule has 0 aliphatic carbocycles. The molecule has 1 spiro atoms. The fourth-order valence-corrected chi connectivity index (χ4v) is 5.48. The summed E-state index contributed by atoms with van der Waals surface area (Å²) >= 11 is 0. The first-order valence-electron chi connectivity index (χ1n) is 15.3. The number of aromatic nitrogens is 6. The van der Waals surface area contributed by atoms with Crippen molar-refractivity contribution < 1.29 is 19.0 Å². The molecule has 3 N–H and O–H groups in total. The minimum Gasteiger partial charge on any atom is -0.456 e. The minimum absolute atomic E-state index is 0.409. The van der Waals surface area contributed by atoms with Gasteiger partial charge in [0.25, 0.3) is 6.02 Å². The van der Waals surface area contributed by atoms with Crippen molar-refractivity contribution in [3.8, 4) is 11.6 Å². The van der Waals surface area contributed by atoms with E-state index in [0.717, 1.165) is 27.8 Å². The maximum absolute atomic E-state index is 12.2. The van der Waals surface area contributed by atoms with Crippen LogP contribution in [0.3, 0.4) is 0 Å². The molecule has 0 bridgehead atoms. The Kier molecular flexibility index (Phi) is 7.67. The van der Waals surface area contributed by atoms with Gasteiger partial charge in [0.2, 0.25) is 5.88 Å². The summed E-state index contributed by atoms with van der Waals surface area (Å²) in [5.41, 5.74) is 5.85. The summed E-state index contributed by atoms with van der Waals surface area (Å²) in [7, 11) is 0. The second kappa shape index (κ2) is 12.0. The molecule has 1 saturated heterocycles. The summed E-state index contributed by atoms with van der Waals surface area (Å²) in [6, 6.07) is 13.8. The third-order valence-electron chi connectivity index (χ3n) is 7.85. The van der Waals surface area contributed by atoms with Crippen LogP contribution in [0.1, 0.15) is 39.2 Å². The second-order valence-electron chi connectivity index (χ2n) is 12.6. The van der Waals surface area contributed by atoms with Crippen LogP contribution in [0.15, 0.2) is 66.4 Å².